The zero-order valence-electron chi connectivity index (χ0n) is 14.3. The molecular weight excluding hydrogens is 258 g/mol. The molecule has 2 atom stereocenters. The van der Waals surface area contributed by atoms with Crippen LogP contribution in [-0.2, 0) is 6.42 Å². The molecule has 3 heteroatoms. The Kier molecular flexibility index (Phi) is 5.80. The van der Waals surface area contributed by atoms with Crippen LogP contribution in [0.15, 0.2) is 18.2 Å². The molecule has 21 heavy (non-hydrogen) atoms. The van der Waals surface area contributed by atoms with Crippen LogP contribution in [-0.4, -0.2) is 62.7 Å². The van der Waals surface area contributed by atoms with Crippen LogP contribution in [0.5, 0.6) is 0 Å². The minimum absolute atomic E-state index is 0.497. The van der Waals surface area contributed by atoms with Crippen LogP contribution < -0.4 is 5.32 Å². The first-order chi connectivity index (χ1) is 9.99. The fourth-order valence-corrected chi connectivity index (χ4v) is 3.61. The van der Waals surface area contributed by atoms with Crippen LogP contribution in [0.4, 0.5) is 0 Å². The maximum Gasteiger partial charge on any atom is 0.0376 e. The molecule has 0 bridgehead atoms. The first-order valence-corrected chi connectivity index (χ1v) is 8.13. The van der Waals surface area contributed by atoms with Crippen molar-refractivity contribution >= 4 is 0 Å². The molecule has 1 fully saturated rings. The van der Waals surface area contributed by atoms with Crippen molar-refractivity contribution in [1.29, 1.82) is 0 Å². The molecule has 1 aliphatic rings. The van der Waals surface area contributed by atoms with Crippen LogP contribution in [0.25, 0.3) is 0 Å². The van der Waals surface area contributed by atoms with E-state index in [1.165, 1.54) is 36.2 Å². The van der Waals surface area contributed by atoms with E-state index in [4.69, 9.17) is 0 Å². The van der Waals surface area contributed by atoms with Gasteiger partial charge in [-0.15, -0.1) is 0 Å². The average Bonchev–Trinajstić information content (AvgIpc) is 2.57. The monoisotopic (exact) mass is 289 g/mol. The number of hydrogen-bond donors (Lipinski definition) is 1. The summed E-state index contributed by atoms with van der Waals surface area (Å²) in [4.78, 5) is 5.01. The van der Waals surface area contributed by atoms with Gasteiger partial charge in [0.05, 0.1) is 0 Å². The molecule has 1 aromatic rings. The summed E-state index contributed by atoms with van der Waals surface area (Å²) in [6.07, 6.45) is 2.37. The predicted octanol–water partition coefficient (Wildman–Crippen LogP) is 2.07. The molecule has 2 unspecified atom stereocenters. The van der Waals surface area contributed by atoms with Crippen LogP contribution in [0.3, 0.4) is 0 Å². The van der Waals surface area contributed by atoms with Crippen molar-refractivity contribution in [1.82, 2.24) is 15.1 Å². The Bertz CT molecular complexity index is 438. The zero-order chi connectivity index (χ0) is 15.4. The second-order valence-electron chi connectivity index (χ2n) is 6.76. The molecule has 0 saturated carbocycles. The molecule has 0 amide bonds. The van der Waals surface area contributed by atoms with Gasteiger partial charge < -0.3 is 15.1 Å². The Balaban J connectivity index is 2.13. The van der Waals surface area contributed by atoms with Gasteiger partial charge in [0.2, 0.25) is 0 Å². The van der Waals surface area contributed by atoms with E-state index in [2.05, 4.69) is 68.3 Å². The molecule has 118 valence electrons. The Morgan fingerprint density at radius 1 is 1.14 bits per heavy atom. The fourth-order valence-electron chi connectivity index (χ4n) is 3.61. The van der Waals surface area contributed by atoms with Crippen molar-refractivity contribution < 1.29 is 0 Å². The molecule has 2 rings (SSSR count). The van der Waals surface area contributed by atoms with Gasteiger partial charge in [-0.1, -0.05) is 29.3 Å². The summed E-state index contributed by atoms with van der Waals surface area (Å²) >= 11 is 0. The summed E-state index contributed by atoms with van der Waals surface area (Å²) in [6, 6.07) is 7.99. The third-order valence-corrected chi connectivity index (χ3v) is 4.69. The van der Waals surface area contributed by atoms with Gasteiger partial charge in [0.1, 0.15) is 0 Å². The van der Waals surface area contributed by atoms with Crippen molar-refractivity contribution in [3.63, 3.8) is 0 Å². The number of rotatable bonds is 4. The van der Waals surface area contributed by atoms with Crippen LogP contribution in [0.1, 0.15) is 23.1 Å². The number of benzene rings is 1. The molecule has 0 spiro atoms. The van der Waals surface area contributed by atoms with Gasteiger partial charge >= 0.3 is 0 Å². The summed E-state index contributed by atoms with van der Waals surface area (Å²) in [5.74, 6) is 0. The molecular formula is C18H31N3. The number of nitrogens with one attached hydrogen (secondary N) is 1. The molecule has 0 radical (unpaired) electrons. The highest BCUT2D eigenvalue weighted by Crippen LogP contribution is 2.16. The SMILES string of the molecule is CNC(Cc1cc(C)cc(C)c1)C1CN(C)CCCN1C. The summed E-state index contributed by atoms with van der Waals surface area (Å²) in [5, 5.41) is 3.57. The number of likely N-dealkylation sites (N-methyl/N-ethyl adjacent to an activating group) is 3. The third-order valence-electron chi connectivity index (χ3n) is 4.69. The van der Waals surface area contributed by atoms with Crippen LogP contribution >= 0.6 is 0 Å². The fraction of sp³-hybridized carbons (Fsp3) is 0.667. The topological polar surface area (TPSA) is 18.5 Å². The molecule has 3 nitrogen and oxygen atoms in total. The van der Waals surface area contributed by atoms with E-state index >= 15 is 0 Å². The first-order valence-electron chi connectivity index (χ1n) is 8.13. The Hall–Kier alpha value is -0.900. The van der Waals surface area contributed by atoms with E-state index in [1.54, 1.807) is 0 Å². The smallest absolute Gasteiger partial charge is 0.0376 e. The molecule has 1 N–H and O–H groups in total. The summed E-state index contributed by atoms with van der Waals surface area (Å²) in [7, 11) is 6.62. The van der Waals surface area contributed by atoms with Crippen molar-refractivity contribution in [2.45, 2.75) is 38.8 Å². The van der Waals surface area contributed by atoms with E-state index < -0.39 is 0 Å². The van der Waals surface area contributed by atoms with E-state index in [0.717, 1.165) is 13.0 Å². The highest BCUT2D eigenvalue weighted by Gasteiger charge is 2.27. The summed E-state index contributed by atoms with van der Waals surface area (Å²) in [5.41, 5.74) is 4.18. The highest BCUT2D eigenvalue weighted by atomic mass is 15.2. The van der Waals surface area contributed by atoms with Gasteiger partial charge in [0.25, 0.3) is 0 Å². The predicted molar refractivity (Wildman–Crippen MR) is 91.0 cm³/mol. The van der Waals surface area contributed by atoms with Crippen molar-refractivity contribution in [3.05, 3.63) is 34.9 Å². The standard InChI is InChI=1S/C18H31N3/c1-14-9-15(2)11-16(10-14)12-17(19-3)18-13-20(4)7-6-8-21(18)5/h9-11,17-19H,6-8,12-13H2,1-5H3. The maximum atomic E-state index is 3.57. The first kappa shape index (κ1) is 16.5. The van der Waals surface area contributed by atoms with Crippen molar-refractivity contribution in [3.8, 4) is 0 Å². The van der Waals surface area contributed by atoms with Gasteiger partial charge in [-0.2, -0.15) is 0 Å². The van der Waals surface area contributed by atoms with Gasteiger partial charge in [-0.05, 0) is 66.5 Å². The van der Waals surface area contributed by atoms with Gasteiger partial charge in [0.15, 0.2) is 0 Å². The number of hydrogen-bond acceptors (Lipinski definition) is 3. The average molecular weight is 289 g/mol. The van der Waals surface area contributed by atoms with E-state index in [1.807, 2.05) is 0 Å². The molecule has 1 heterocycles. The maximum absolute atomic E-state index is 3.57. The van der Waals surface area contributed by atoms with Crippen LogP contribution in [0, 0.1) is 13.8 Å². The third kappa shape index (κ3) is 4.53. The molecule has 0 aliphatic carbocycles. The highest BCUT2D eigenvalue weighted by molar-refractivity contribution is 5.29. The normalized spacial score (nSPS) is 23.0. The van der Waals surface area contributed by atoms with Crippen LogP contribution in [0.2, 0.25) is 0 Å². The Morgan fingerprint density at radius 3 is 2.43 bits per heavy atom. The lowest BCUT2D eigenvalue weighted by molar-refractivity contribution is 0.181. The minimum atomic E-state index is 0.497. The van der Waals surface area contributed by atoms with Crippen molar-refractivity contribution in [2.24, 2.45) is 0 Å². The summed E-state index contributed by atoms with van der Waals surface area (Å²) in [6.45, 7) is 7.93. The molecule has 1 aromatic carbocycles. The van der Waals surface area contributed by atoms with Gasteiger partial charge in [0, 0.05) is 18.6 Å². The molecule has 1 saturated heterocycles. The molecule has 0 aromatic heterocycles. The quantitative estimate of drug-likeness (QED) is 0.915. The summed E-state index contributed by atoms with van der Waals surface area (Å²) < 4.78 is 0. The van der Waals surface area contributed by atoms with Crippen molar-refractivity contribution in [2.75, 3.05) is 40.8 Å². The Morgan fingerprint density at radius 2 is 1.81 bits per heavy atom. The number of aryl methyl sites for hydroxylation is 2. The lowest BCUT2D eigenvalue weighted by Crippen LogP contribution is -2.52. The van der Waals surface area contributed by atoms with Gasteiger partial charge in [-0.3, -0.25) is 0 Å². The lowest BCUT2D eigenvalue weighted by Gasteiger charge is -2.34. The van der Waals surface area contributed by atoms with E-state index in [-0.39, 0.29) is 0 Å². The zero-order valence-corrected chi connectivity index (χ0v) is 14.3. The van der Waals surface area contributed by atoms with Gasteiger partial charge in [-0.25, -0.2) is 0 Å². The second-order valence-corrected chi connectivity index (χ2v) is 6.76. The lowest BCUT2D eigenvalue weighted by atomic mass is 9.96. The number of nitrogens with zero attached hydrogens (tertiary/aromatic N) is 2. The van der Waals surface area contributed by atoms with E-state index in [0.29, 0.717) is 12.1 Å². The Labute approximate surface area is 130 Å². The second kappa shape index (κ2) is 7.39. The minimum Gasteiger partial charge on any atom is -0.315 e. The van der Waals surface area contributed by atoms with E-state index in [9.17, 15) is 0 Å². The largest absolute Gasteiger partial charge is 0.315 e. The molecule has 1 aliphatic heterocycles.